The Balaban J connectivity index is 1.66. The standard InChI is InChI=1S/C27H28N2O5/c1-4-15-33-23-12-10-21(11-13-23)27(31)34-24-14-9-20(17-25(24)32-5-2)18-28-29-26(30)22-8-6-7-19(3)16-22/h6-14,16-18H,4-5,15H2,1-3H3,(H,29,30)/b28-18-. The molecule has 34 heavy (non-hydrogen) atoms. The van der Waals surface area contributed by atoms with Gasteiger partial charge in [0.05, 0.1) is 25.0 Å². The van der Waals surface area contributed by atoms with E-state index in [9.17, 15) is 9.59 Å². The number of nitrogens with one attached hydrogen (secondary N) is 1. The normalized spacial score (nSPS) is 10.7. The zero-order chi connectivity index (χ0) is 24.3. The van der Waals surface area contributed by atoms with E-state index in [0.29, 0.717) is 47.2 Å². The third-order valence-electron chi connectivity index (χ3n) is 4.69. The van der Waals surface area contributed by atoms with E-state index in [1.165, 1.54) is 6.21 Å². The fourth-order valence-corrected chi connectivity index (χ4v) is 3.04. The number of benzene rings is 3. The molecule has 3 aromatic carbocycles. The van der Waals surface area contributed by atoms with Crippen LogP contribution < -0.4 is 19.6 Å². The SMILES string of the molecule is CCCOc1ccc(C(=O)Oc2ccc(/C=N\NC(=O)c3cccc(C)c3)cc2OCC)cc1. The van der Waals surface area contributed by atoms with Crippen LogP contribution in [0.15, 0.2) is 71.8 Å². The van der Waals surface area contributed by atoms with Gasteiger partial charge in [0.2, 0.25) is 0 Å². The Bertz CT molecular complexity index is 1160. The van der Waals surface area contributed by atoms with Crippen LogP contribution in [-0.4, -0.2) is 31.3 Å². The summed E-state index contributed by atoms with van der Waals surface area (Å²) >= 11 is 0. The van der Waals surface area contributed by atoms with Gasteiger partial charge in [-0.05, 0) is 80.4 Å². The summed E-state index contributed by atoms with van der Waals surface area (Å²) in [5.74, 6) is 0.579. The highest BCUT2D eigenvalue weighted by molar-refractivity contribution is 5.95. The van der Waals surface area contributed by atoms with Gasteiger partial charge in [0.25, 0.3) is 5.91 Å². The second-order valence-corrected chi connectivity index (χ2v) is 7.47. The number of esters is 1. The molecule has 0 aliphatic heterocycles. The lowest BCUT2D eigenvalue weighted by Crippen LogP contribution is -2.17. The summed E-state index contributed by atoms with van der Waals surface area (Å²) in [7, 11) is 0. The molecule has 0 bridgehead atoms. The summed E-state index contributed by atoms with van der Waals surface area (Å²) in [6, 6.07) is 19.1. The Morgan fingerprint density at radius 3 is 2.41 bits per heavy atom. The maximum absolute atomic E-state index is 12.6. The molecule has 0 unspecified atom stereocenters. The fraction of sp³-hybridized carbons (Fsp3) is 0.222. The summed E-state index contributed by atoms with van der Waals surface area (Å²) in [6.07, 6.45) is 2.40. The molecular weight excluding hydrogens is 432 g/mol. The molecule has 3 rings (SSSR count). The van der Waals surface area contributed by atoms with E-state index in [1.807, 2.05) is 32.9 Å². The molecule has 0 atom stereocenters. The number of carbonyl (C=O) groups is 2. The molecule has 0 saturated carbocycles. The second kappa shape index (κ2) is 12.2. The Morgan fingerprint density at radius 2 is 1.71 bits per heavy atom. The smallest absolute Gasteiger partial charge is 0.343 e. The van der Waals surface area contributed by atoms with Crippen molar-refractivity contribution in [2.75, 3.05) is 13.2 Å². The first kappa shape index (κ1) is 24.5. The first-order valence-electron chi connectivity index (χ1n) is 11.1. The van der Waals surface area contributed by atoms with E-state index in [-0.39, 0.29) is 5.91 Å². The van der Waals surface area contributed by atoms with E-state index in [1.54, 1.807) is 54.6 Å². The lowest BCUT2D eigenvalue weighted by Gasteiger charge is -2.12. The number of nitrogens with zero attached hydrogens (tertiary/aromatic N) is 1. The largest absolute Gasteiger partial charge is 0.494 e. The van der Waals surface area contributed by atoms with Crippen molar-refractivity contribution in [1.29, 1.82) is 0 Å². The van der Waals surface area contributed by atoms with Gasteiger partial charge in [-0.1, -0.05) is 24.6 Å². The third kappa shape index (κ3) is 6.93. The van der Waals surface area contributed by atoms with E-state index < -0.39 is 5.97 Å². The topological polar surface area (TPSA) is 86.2 Å². The summed E-state index contributed by atoms with van der Waals surface area (Å²) in [5.41, 5.74) is 5.09. The van der Waals surface area contributed by atoms with Gasteiger partial charge in [0.1, 0.15) is 5.75 Å². The predicted molar refractivity (Wildman–Crippen MR) is 131 cm³/mol. The van der Waals surface area contributed by atoms with Gasteiger partial charge in [-0.2, -0.15) is 5.10 Å². The molecule has 0 fully saturated rings. The Labute approximate surface area is 199 Å². The minimum Gasteiger partial charge on any atom is -0.494 e. The van der Waals surface area contributed by atoms with Crippen LogP contribution >= 0.6 is 0 Å². The maximum Gasteiger partial charge on any atom is 0.343 e. The number of hydrogen-bond acceptors (Lipinski definition) is 6. The van der Waals surface area contributed by atoms with Crippen LogP contribution in [0.1, 0.15) is 52.1 Å². The summed E-state index contributed by atoms with van der Waals surface area (Å²) in [5, 5.41) is 4.02. The summed E-state index contributed by atoms with van der Waals surface area (Å²) in [6.45, 7) is 6.79. The molecule has 1 amide bonds. The van der Waals surface area contributed by atoms with Crippen molar-refractivity contribution in [2.24, 2.45) is 5.10 Å². The lowest BCUT2D eigenvalue weighted by atomic mass is 10.1. The first-order chi connectivity index (χ1) is 16.5. The zero-order valence-corrected chi connectivity index (χ0v) is 19.5. The van der Waals surface area contributed by atoms with Crippen molar-refractivity contribution in [3.8, 4) is 17.2 Å². The number of rotatable bonds is 10. The molecule has 0 radical (unpaired) electrons. The number of amides is 1. The molecule has 0 heterocycles. The van der Waals surface area contributed by atoms with Crippen LogP contribution in [0.5, 0.6) is 17.2 Å². The molecule has 0 aliphatic rings. The van der Waals surface area contributed by atoms with Crippen molar-refractivity contribution in [2.45, 2.75) is 27.2 Å². The van der Waals surface area contributed by atoms with Crippen LogP contribution in [0.25, 0.3) is 0 Å². The van der Waals surface area contributed by atoms with Crippen molar-refractivity contribution in [1.82, 2.24) is 5.43 Å². The van der Waals surface area contributed by atoms with Crippen molar-refractivity contribution >= 4 is 18.1 Å². The van der Waals surface area contributed by atoms with Gasteiger partial charge in [-0.25, -0.2) is 10.2 Å². The van der Waals surface area contributed by atoms with Gasteiger partial charge in [0, 0.05) is 5.56 Å². The first-order valence-corrected chi connectivity index (χ1v) is 11.1. The molecule has 1 N–H and O–H groups in total. The highest BCUT2D eigenvalue weighted by atomic mass is 16.6. The lowest BCUT2D eigenvalue weighted by molar-refractivity contribution is 0.0728. The van der Waals surface area contributed by atoms with Gasteiger partial charge in [-0.3, -0.25) is 4.79 Å². The van der Waals surface area contributed by atoms with E-state index in [0.717, 1.165) is 12.0 Å². The molecule has 0 aromatic heterocycles. The number of ether oxygens (including phenoxy) is 3. The minimum atomic E-state index is -0.505. The van der Waals surface area contributed by atoms with Crippen molar-refractivity contribution < 1.29 is 23.8 Å². The Morgan fingerprint density at radius 1 is 0.912 bits per heavy atom. The highest BCUT2D eigenvalue weighted by Gasteiger charge is 2.13. The molecule has 7 heteroatoms. The highest BCUT2D eigenvalue weighted by Crippen LogP contribution is 2.29. The fourth-order valence-electron chi connectivity index (χ4n) is 3.04. The third-order valence-corrected chi connectivity index (χ3v) is 4.69. The van der Waals surface area contributed by atoms with Crippen LogP contribution in [0, 0.1) is 6.92 Å². The average Bonchev–Trinajstić information content (AvgIpc) is 2.84. The van der Waals surface area contributed by atoms with E-state index in [4.69, 9.17) is 14.2 Å². The van der Waals surface area contributed by atoms with Gasteiger partial charge in [-0.15, -0.1) is 0 Å². The number of carbonyl (C=O) groups excluding carboxylic acids is 2. The molecular formula is C27H28N2O5. The van der Waals surface area contributed by atoms with Crippen LogP contribution in [-0.2, 0) is 0 Å². The summed E-state index contributed by atoms with van der Waals surface area (Å²) < 4.78 is 16.7. The number of hydrogen-bond donors (Lipinski definition) is 1. The van der Waals surface area contributed by atoms with Crippen LogP contribution in [0.3, 0.4) is 0 Å². The molecule has 7 nitrogen and oxygen atoms in total. The monoisotopic (exact) mass is 460 g/mol. The maximum atomic E-state index is 12.6. The Kier molecular flexibility index (Phi) is 8.80. The Hall–Kier alpha value is -4.13. The van der Waals surface area contributed by atoms with Crippen molar-refractivity contribution in [3.63, 3.8) is 0 Å². The van der Waals surface area contributed by atoms with E-state index >= 15 is 0 Å². The molecule has 3 aromatic rings. The van der Waals surface area contributed by atoms with Crippen LogP contribution in [0.2, 0.25) is 0 Å². The molecule has 0 spiro atoms. The molecule has 0 aliphatic carbocycles. The van der Waals surface area contributed by atoms with Gasteiger partial charge < -0.3 is 14.2 Å². The van der Waals surface area contributed by atoms with Gasteiger partial charge in [0.15, 0.2) is 11.5 Å². The van der Waals surface area contributed by atoms with E-state index in [2.05, 4.69) is 10.5 Å². The minimum absolute atomic E-state index is 0.291. The molecule has 0 saturated heterocycles. The molecule has 176 valence electrons. The number of hydrazone groups is 1. The second-order valence-electron chi connectivity index (χ2n) is 7.47. The van der Waals surface area contributed by atoms with Gasteiger partial charge >= 0.3 is 5.97 Å². The van der Waals surface area contributed by atoms with Crippen LogP contribution in [0.4, 0.5) is 0 Å². The quantitative estimate of drug-likeness (QED) is 0.195. The predicted octanol–water partition coefficient (Wildman–Crippen LogP) is 5.17. The average molecular weight is 461 g/mol. The summed E-state index contributed by atoms with van der Waals surface area (Å²) in [4.78, 5) is 24.8. The zero-order valence-electron chi connectivity index (χ0n) is 19.5. The van der Waals surface area contributed by atoms with Crippen molar-refractivity contribution in [3.05, 3.63) is 89.0 Å². The number of aryl methyl sites for hydroxylation is 1.